The second-order valence-electron chi connectivity index (χ2n) is 9.32. The fourth-order valence-corrected chi connectivity index (χ4v) is 6.08. The van der Waals surface area contributed by atoms with Crippen LogP contribution in [0.2, 0.25) is 0 Å². The van der Waals surface area contributed by atoms with Crippen LogP contribution in [-0.4, -0.2) is 63.0 Å². The first-order valence-electron chi connectivity index (χ1n) is 11.2. The molecule has 0 spiro atoms. The lowest BCUT2D eigenvalue weighted by molar-refractivity contribution is -0.133. The number of nitrogens with one attached hydrogen (secondary N) is 1. The van der Waals surface area contributed by atoms with Crippen LogP contribution < -0.4 is 5.56 Å². The van der Waals surface area contributed by atoms with E-state index < -0.39 is 15.3 Å². The molecule has 31 heavy (non-hydrogen) atoms. The molecule has 9 nitrogen and oxygen atoms in total. The molecule has 1 N–H and O–H groups in total. The third-order valence-corrected chi connectivity index (χ3v) is 9.04. The summed E-state index contributed by atoms with van der Waals surface area (Å²) in [6.07, 6.45) is 4.12. The zero-order valence-corrected chi connectivity index (χ0v) is 18.8. The number of aromatic amines is 1. The Bertz CT molecular complexity index is 1190. The Hall–Kier alpha value is -2.20. The quantitative estimate of drug-likeness (QED) is 0.759. The highest BCUT2D eigenvalue weighted by atomic mass is 32.2. The first-order valence-corrected chi connectivity index (χ1v) is 12.7. The summed E-state index contributed by atoms with van der Waals surface area (Å²) < 4.78 is 28.3. The van der Waals surface area contributed by atoms with Crippen LogP contribution in [0, 0.1) is 5.92 Å². The van der Waals surface area contributed by atoms with E-state index in [9.17, 15) is 18.0 Å². The zero-order valence-electron chi connectivity index (χ0n) is 18.0. The van der Waals surface area contributed by atoms with Crippen LogP contribution in [0.15, 0.2) is 10.9 Å². The van der Waals surface area contributed by atoms with Crippen LogP contribution in [0.5, 0.6) is 0 Å². The normalized spacial score (nSPS) is 22.8. The topological polar surface area (TPSA) is 108 Å². The van der Waals surface area contributed by atoms with Gasteiger partial charge in [0.25, 0.3) is 5.56 Å². The predicted molar refractivity (Wildman–Crippen MR) is 115 cm³/mol. The molecule has 0 bridgehead atoms. The second kappa shape index (κ2) is 7.44. The number of fused-ring (bicyclic) bond motifs is 2. The average Bonchev–Trinajstić information content (AvgIpc) is 3.52. The Kier molecular flexibility index (Phi) is 4.97. The van der Waals surface area contributed by atoms with Crippen molar-refractivity contribution in [2.75, 3.05) is 19.6 Å². The van der Waals surface area contributed by atoms with Gasteiger partial charge in [-0.05, 0) is 39.5 Å². The van der Waals surface area contributed by atoms with E-state index in [1.807, 2.05) is 6.07 Å². The molecule has 1 atom stereocenters. The number of amides is 1. The molecule has 2 fully saturated rings. The van der Waals surface area contributed by atoms with Gasteiger partial charge in [-0.3, -0.25) is 14.7 Å². The number of hydrogen-bond donors (Lipinski definition) is 1. The van der Waals surface area contributed by atoms with Crippen molar-refractivity contribution < 1.29 is 13.2 Å². The van der Waals surface area contributed by atoms with Gasteiger partial charge in [0.2, 0.25) is 15.9 Å². The maximum Gasteiger partial charge on any atom is 0.277 e. The van der Waals surface area contributed by atoms with E-state index >= 15 is 0 Å². The van der Waals surface area contributed by atoms with Crippen molar-refractivity contribution in [3.63, 3.8) is 0 Å². The molecule has 2 aromatic rings. The maximum absolute atomic E-state index is 13.2. The molecular weight excluding hydrogens is 418 g/mol. The highest BCUT2D eigenvalue weighted by Crippen LogP contribution is 2.33. The SMILES string of the molecule is CC(C)S(=O)(=O)N1CCC[C@H](c2cc3nc4c(c(=O)n3[nH]2)CN(C(=O)C2CC2)CC4)C1. The molecule has 3 aliphatic rings. The van der Waals surface area contributed by atoms with E-state index in [-0.39, 0.29) is 23.3 Å². The molecule has 0 unspecified atom stereocenters. The summed E-state index contributed by atoms with van der Waals surface area (Å²) in [7, 11) is -3.31. The lowest BCUT2D eigenvalue weighted by Gasteiger charge is -2.32. The number of carbonyl (C=O) groups excluding carboxylic acids is 1. The molecule has 4 heterocycles. The summed E-state index contributed by atoms with van der Waals surface area (Å²) in [6.45, 7) is 5.27. The van der Waals surface area contributed by atoms with Crippen LogP contribution in [0.25, 0.3) is 5.65 Å². The number of aromatic nitrogens is 3. The van der Waals surface area contributed by atoms with Crippen LogP contribution in [0.3, 0.4) is 0 Å². The minimum Gasteiger partial charge on any atom is -0.337 e. The van der Waals surface area contributed by atoms with Crippen molar-refractivity contribution in [3.8, 4) is 0 Å². The Morgan fingerprint density at radius 3 is 2.71 bits per heavy atom. The van der Waals surface area contributed by atoms with Crippen LogP contribution in [0.1, 0.15) is 62.4 Å². The molecule has 1 amide bonds. The number of H-pyrrole nitrogens is 1. The Morgan fingerprint density at radius 1 is 1.23 bits per heavy atom. The first-order chi connectivity index (χ1) is 14.8. The lowest BCUT2D eigenvalue weighted by Crippen LogP contribution is -2.42. The highest BCUT2D eigenvalue weighted by Gasteiger charge is 2.36. The standard InChI is InChI=1S/C21H29N5O4S/c1-13(2)31(29,30)25-8-3-4-15(11-25)18-10-19-22-17-7-9-24(20(27)14-5-6-14)12-16(17)21(28)26(19)23-18/h10,13-15,23H,3-9,11-12H2,1-2H3/t15-/m0/s1. The fraction of sp³-hybridized carbons (Fsp3) is 0.667. The molecule has 2 aromatic heterocycles. The number of hydrogen-bond acceptors (Lipinski definition) is 5. The smallest absolute Gasteiger partial charge is 0.277 e. The van der Waals surface area contributed by atoms with E-state index in [0.29, 0.717) is 43.8 Å². The van der Waals surface area contributed by atoms with Gasteiger partial charge in [0, 0.05) is 49.7 Å². The lowest BCUT2D eigenvalue weighted by atomic mass is 9.96. The van der Waals surface area contributed by atoms with Gasteiger partial charge in [0.05, 0.1) is 23.1 Å². The summed E-state index contributed by atoms with van der Waals surface area (Å²) in [5.74, 6) is 0.277. The molecule has 5 rings (SSSR count). The van der Waals surface area contributed by atoms with Gasteiger partial charge in [0.1, 0.15) is 0 Å². The minimum absolute atomic E-state index is 0.00616. The molecular formula is C21H29N5O4S. The molecule has 2 aliphatic heterocycles. The van der Waals surface area contributed by atoms with E-state index in [4.69, 9.17) is 4.98 Å². The summed E-state index contributed by atoms with van der Waals surface area (Å²) in [4.78, 5) is 32.1. The van der Waals surface area contributed by atoms with Gasteiger partial charge in [-0.2, -0.15) is 0 Å². The Morgan fingerprint density at radius 2 is 2.00 bits per heavy atom. The number of sulfonamides is 1. The average molecular weight is 448 g/mol. The summed E-state index contributed by atoms with van der Waals surface area (Å²) in [6, 6.07) is 1.87. The number of piperidine rings is 1. The molecule has 0 radical (unpaired) electrons. The van der Waals surface area contributed by atoms with Crippen molar-refractivity contribution >= 4 is 21.6 Å². The monoisotopic (exact) mass is 447 g/mol. The largest absolute Gasteiger partial charge is 0.337 e. The van der Waals surface area contributed by atoms with Crippen LogP contribution >= 0.6 is 0 Å². The van der Waals surface area contributed by atoms with Gasteiger partial charge in [-0.25, -0.2) is 22.2 Å². The van der Waals surface area contributed by atoms with E-state index in [2.05, 4.69) is 5.10 Å². The van der Waals surface area contributed by atoms with Crippen molar-refractivity contribution in [3.05, 3.63) is 33.4 Å². The molecule has 168 valence electrons. The summed E-state index contributed by atoms with van der Waals surface area (Å²) in [5, 5.41) is 2.73. The number of rotatable bonds is 4. The molecule has 10 heteroatoms. The van der Waals surface area contributed by atoms with Crippen molar-refractivity contribution in [2.45, 2.75) is 63.7 Å². The van der Waals surface area contributed by atoms with Crippen LogP contribution in [-0.2, 0) is 27.8 Å². The molecule has 1 aliphatic carbocycles. The molecule has 1 saturated carbocycles. The van der Waals surface area contributed by atoms with E-state index in [1.54, 1.807) is 23.1 Å². The van der Waals surface area contributed by atoms with Crippen molar-refractivity contribution in [2.24, 2.45) is 5.92 Å². The van der Waals surface area contributed by atoms with Crippen LogP contribution in [0.4, 0.5) is 0 Å². The molecule has 0 aromatic carbocycles. The van der Waals surface area contributed by atoms with Crippen molar-refractivity contribution in [1.82, 2.24) is 23.8 Å². The Balaban J connectivity index is 1.44. The minimum atomic E-state index is -3.31. The summed E-state index contributed by atoms with van der Waals surface area (Å²) >= 11 is 0. The number of nitrogens with zero attached hydrogens (tertiary/aromatic N) is 4. The third-order valence-electron chi connectivity index (χ3n) is 6.80. The van der Waals surface area contributed by atoms with Crippen molar-refractivity contribution in [1.29, 1.82) is 0 Å². The third kappa shape index (κ3) is 3.59. The van der Waals surface area contributed by atoms with Gasteiger partial charge in [-0.1, -0.05) is 0 Å². The van der Waals surface area contributed by atoms with Gasteiger partial charge in [-0.15, -0.1) is 0 Å². The maximum atomic E-state index is 13.2. The molecule has 1 saturated heterocycles. The van der Waals surface area contributed by atoms with Gasteiger partial charge in [0.15, 0.2) is 5.65 Å². The highest BCUT2D eigenvalue weighted by molar-refractivity contribution is 7.89. The van der Waals surface area contributed by atoms with E-state index in [0.717, 1.165) is 37.1 Å². The summed E-state index contributed by atoms with van der Waals surface area (Å²) in [5.41, 5.74) is 2.58. The zero-order chi connectivity index (χ0) is 21.9. The second-order valence-corrected chi connectivity index (χ2v) is 11.8. The fourth-order valence-electron chi connectivity index (χ4n) is 4.71. The Labute approximate surface area is 181 Å². The first kappa shape index (κ1) is 20.7. The van der Waals surface area contributed by atoms with E-state index in [1.165, 1.54) is 4.52 Å². The van der Waals surface area contributed by atoms with Gasteiger partial charge < -0.3 is 4.90 Å². The predicted octanol–water partition coefficient (Wildman–Crippen LogP) is 1.23. The van der Waals surface area contributed by atoms with Gasteiger partial charge >= 0.3 is 0 Å². The number of carbonyl (C=O) groups is 1.